The fourth-order valence-electron chi connectivity index (χ4n) is 4.52. The number of rotatable bonds is 9. The fourth-order valence-corrected chi connectivity index (χ4v) is 4.52. The largest absolute Gasteiger partial charge is 0.481 e. The molecule has 4 N–H and O–H groups in total. The van der Waals surface area contributed by atoms with E-state index in [2.05, 4.69) is 23.6 Å². The number of hydrogen-bond acceptors (Lipinski definition) is 9. The normalized spacial score (nSPS) is 15.7. The lowest BCUT2D eigenvalue weighted by Crippen LogP contribution is -2.42. The van der Waals surface area contributed by atoms with Gasteiger partial charge in [0.15, 0.2) is 5.60 Å². The summed E-state index contributed by atoms with van der Waals surface area (Å²) in [6.07, 6.45) is -1.36. The van der Waals surface area contributed by atoms with Gasteiger partial charge in [0.25, 0.3) is 0 Å². The van der Waals surface area contributed by atoms with E-state index in [1.807, 2.05) is 6.07 Å². The molecule has 0 radical (unpaired) electrons. The molecular formula is C27H35FN4O8. The van der Waals surface area contributed by atoms with Crippen LogP contribution in [0, 0.1) is 5.82 Å². The Labute approximate surface area is 231 Å². The van der Waals surface area contributed by atoms with E-state index in [4.69, 9.17) is 35.1 Å². The molecule has 13 heteroatoms. The Hall–Kier alpha value is -3.68. The Kier molecular flexibility index (Phi) is 10.5. The first kappa shape index (κ1) is 30.9. The van der Waals surface area contributed by atoms with Crippen molar-refractivity contribution in [2.45, 2.75) is 57.7 Å². The predicted octanol–water partition coefficient (Wildman–Crippen LogP) is 1.89. The van der Waals surface area contributed by atoms with E-state index < -0.39 is 36.4 Å². The van der Waals surface area contributed by atoms with Crippen molar-refractivity contribution in [1.29, 1.82) is 0 Å². The van der Waals surface area contributed by atoms with Crippen LogP contribution in [0.2, 0.25) is 0 Å². The molecule has 2 aromatic rings. The van der Waals surface area contributed by atoms with Gasteiger partial charge in [-0.3, -0.25) is 14.5 Å². The highest BCUT2D eigenvalue weighted by molar-refractivity contribution is 5.88. The first-order valence-electron chi connectivity index (χ1n) is 13.0. The number of ether oxygens (including phenoxy) is 1. The molecule has 2 aliphatic heterocycles. The van der Waals surface area contributed by atoms with E-state index in [1.54, 1.807) is 12.1 Å². The standard InChI is InChI=1S/C21H27FN4O.C6H8O7/c1-15(2)20-23-19-14-25(13-16-4-3-5-17(22)12-16)7-6-18(19)21(24-20)26-8-10-27-11-9-26;7-3(8)1-6(13,5(11)12)2-4(9)10/h3-5,12,15H,6-11,13-14H2,1-2H3;13H,1-2H2,(H,7,8)(H,9,10)(H,11,12). The molecular weight excluding hydrogens is 527 g/mol. The zero-order chi connectivity index (χ0) is 29.4. The highest BCUT2D eigenvalue weighted by Gasteiger charge is 2.40. The second kappa shape index (κ2) is 13.6. The van der Waals surface area contributed by atoms with E-state index in [9.17, 15) is 18.8 Å². The number of hydrogen-bond donors (Lipinski definition) is 4. The van der Waals surface area contributed by atoms with Gasteiger partial charge in [-0.15, -0.1) is 0 Å². The summed E-state index contributed by atoms with van der Waals surface area (Å²) in [6.45, 7) is 10.0. The topological polar surface area (TPSA) is 174 Å². The molecule has 0 spiro atoms. The van der Waals surface area contributed by atoms with E-state index in [0.29, 0.717) is 0 Å². The molecule has 0 unspecified atom stereocenters. The van der Waals surface area contributed by atoms with Crippen molar-refractivity contribution in [3.05, 3.63) is 52.7 Å². The van der Waals surface area contributed by atoms with E-state index in [1.165, 1.54) is 11.6 Å². The zero-order valence-electron chi connectivity index (χ0n) is 22.5. The van der Waals surface area contributed by atoms with Crippen LogP contribution in [0.25, 0.3) is 0 Å². The average molecular weight is 563 g/mol. The van der Waals surface area contributed by atoms with Crippen LogP contribution in [0.1, 0.15) is 55.3 Å². The summed E-state index contributed by atoms with van der Waals surface area (Å²) < 4.78 is 19.0. The molecule has 1 aromatic carbocycles. The number of aliphatic hydroxyl groups is 1. The van der Waals surface area contributed by atoms with Gasteiger partial charge in [-0.05, 0) is 24.1 Å². The molecule has 0 amide bonds. The van der Waals surface area contributed by atoms with Crippen molar-refractivity contribution < 1.29 is 43.9 Å². The molecule has 0 bridgehead atoms. The first-order chi connectivity index (χ1) is 18.9. The number of benzene rings is 1. The van der Waals surface area contributed by atoms with Crippen LogP contribution in [0.5, 0.6) is 0 Å². The summed E-state index contributed by atoms with van der Waals surface area (Å²) in [5.74, 6) is -2.91. The maximum absolute atomic E-state index is 13.5. The SMILES string of the molecule is CC(C)c1nc2c(c(N3CCOCC3)n1)CCN(Cc1cccc(F)c1)C2.O=C(O)CC(O)(CC(=O)O)C(=O)O. The number of halogens is 1. The Morgan fingerprint density at radius 3 is 2.25 bits per heavy atom. The molecule has 3 heterocycles. The highest BCUT2D eigenvalue weighted by atomic mass is 19.1. The van der Waals surface area contributed by atoms with Crippen LogP contribution in [0.15, 0.2) is 24.3 Å². The summed E-state index contributed by atoms with van der Waals surface area (Å²) >= 11 is 0. The number of aliphatic carboxylic acids is 3. The van der Waals surface area contributed by atoms with Gasteiger partial charge in [0.1, 0.15) is 17.5 Å². The zero-order valence-corrected chi connectivity index (χ0v) is 22.5. The van der Waals surface area contributed by atoms with Gasteiger partial charge in [-0.2, -0.15) is 0 Å². The second-order valence-corrected chi connectivity index (χ2v) is 10.2. The molecule has 1 saturated heterocycles. The van der Waals surface area contributed by atoms with Gasteiger partial charge < -0.3 is 30.1 Å². The van der Waals surface area contributed by atoms with Crippen LogP contribution in [0.3, 0.4) is 0 Å². The maximum Gasteiger partial charge on any atom is 0.336 e. The molecule has 12 nitrogen and oxygen atoms in total. The molecule has 40 heavy (non-hydrogen) atoms. The first-order valence-corrected chi connectivity index (χ1v) is 13.0. The number of anilines is 1. The van der Waals surface area contributed by atoms with Gasteiger partial charge in [0, 0.05) is 44.2 Å². The molecule has 1 fully saturated rings. The van der Waals surface area contributed by atoms with Gasteiger partial charge >= 0.3 is 17.9 Å². The smallest absolute Gasteiger partial charge is 0.336 e. The van der Waals surface area contributed by atoms with Crippen molar-refractivity contribution in [2.75, 3.05) is 37.7 Å². The van der Waals surface area contributed by atoms with E-state index in [-0.39, 0.29) is 11.7 Å². The number of aromatic nitrogens is 2. The number of morpholine rings is 1. The summed E-state index contributed by atoms with van der Waals surface area (Å²) in [5.41, 5.74) is 0.664. The van der Waals surface area contributed by atoms with Gasteiger partial charge in [-0.1, -0.05) is 26.0 Å². The molecule has 4 rings (SSSR count). The molecule has 2 aliphatic rings. The Morgan fingerprint density at radius 2 is 1.70 bits per heavy atom. The Balaban J connectivity index is 0.000000289. The van der Waals surface area contributed by atoms with Crippen LogP contribution in [0.4, 0.5) is 10.2 Å². The van der Waals surface area contributed by atoms with Crippen molar-refractivity contribution in [3.8, 4) is 0 Å². The predicted molar refractivity (Wildman–Crippen MR) is 140 cm³/mol. The van der Waals surface area contributed by atoms with Crippen LogP contribution in [-0.2, 0) is 38.6 Å². The van der Waals surface area contributed by atoms with E-state index in [0.717, 1.165) is 75.3 Å². The molecule has 0 aliphatic carbocycles. The summed E-state index contributed by atoms with van der Waals surface area (Å²) in [5, 5.41) is 33.8. The molecule has 0 atom stereocenters. The Bertz CT molecular complexity index is 1200. The van der Waals surface area contributed by atoms with Crippen molar-refractivity contribution >= 4 is 23.7 Å². The van der Waals surface area contributed by atoms with Crippen LogP contribution in [-0.4, -0.2) is 91.7 Å². The van der Waals surface area contributed by atoms with Gasteiger partial charge in [0.05, 0.1) is 31.7 Å². The quantitative estimate of drug-likeness (QED) is 0.350. The third kappa shape index (κ3) is 8.41. The minimum absolute atomic E-state index is 0.177. The highest BCUT2D eigenvalue weighted by Crippen LogP contribution is 2.29. The Morgan fingerprint density at radius 1 is 1.05 bits per heavy atom. The lowest BCUT2D eigenvalue weighted by Gasteiger charge is -2.34. The van der Waals surface area contributed by atoms with Gasteiger partial charge in [0.2, 0.25) is 0 Å². The second-order valence-electron chi connectivity index (χ2n) is 10.2. The van der Waals surface area contributed by atoms with Crippen molar-refractivity contribution in [2.24, 2.45) is 0 Å². The lowest BCUT2D eigenvalue weighted by molar-refractivity contribution is -0.170. The van der Waals surface area contributed by atoms with Crippen LogP contribution >= 0.6 is 0 Å². The summed E-state index contributed by atoms with van der Waals surface area (Å²) in [6, 6.07) is 6.87. The minimum atomic E-state index is -2.74. The van der Waals surface area contributed by atoms with Crippen molar-refractivity contribution in [3.63, 3.8) is 0 Å². The third-order valence-electron chi connectivity index (χ3n) is 6.55. The molecule has 1 aromatic heterocycles. The molecule has 0 saturated carbocycles. The maximum atomic E-state index is 13.5. The molecule has 218 valence electrons. The number of carbonyl (C=O) groups is 3. The number of carboxylic acids is 3. The number of nitrogens with zero attached hydrogens (tertiary/aromatic N) is 4. The fraction of sp³-hybridized carbons (Fsp3) is 0.519. The number of carboxylic acid groups (broad SMARTS) is 3. The lowest BCUT2D eigenvalue weighted by atomic mass is 9.96. The monoisotopic (exact) mass is 562 g/mol. The summed E-state index contributed by atoms with van der Waals surface area (Å²) in [4.78, 5) is 45.0. The van der Waals surface area contributed by atoms with Crippen molar-refractivity contribution in [1.82, 2.24) is 14.9 Å². The third-order valence-corrected chi connectivity index (χ3v) is 6.55. The summed E-state index contributed by atoms with van der Waals surface area (Å²) in [7, 11) is 0. The van der Waals surface area contributed by atoms with Gasteiger partial charge in [-0.25, -0.2) is 19.2 Å². The minimum Gasteiger partial charge on any atom is -0.481 e. The van der Waals surface area contributed by atoms with E-state index >= 15 is 0 Å². The number of fused-ring (bicyclic) bond motifs is 1. The van der Waals surface area contributed by atoms with Crippen LogP contribution < -0.4 is 4.90 Å². The average Bonchev–Trinajstić information content (AvgIpc) is 2.87.